The fourth-order valence-electron chi connectivity index (χ4n) is 4.05. The Balaban J connectivity index is 1.52. The minimum atomic E-state index is -4.43. The number of hydrogen-bond acceptors (Lipinski definition) is 7. The molecule has 0 aromatic carbocycles. The first-order valence-corrected chi connectivity index (χ1v) is 10.0. The van der Waals surface area contributed by atoms with Crippen LogP contribution in [0.15, 0.2) is 30.6 Å². The van der Waals surface area contributed by atoms with Crippen LogP contribution >= 0.6 is 0 Å². The van der Waals surface area contributed by atoms with Gasteiger partial charge in [0.05, 0.1) is 19.4 Å². The lowest BCUT2D eigenvalue weighted by molar-refractivity contribution is -0.221. The highest BCUT2D eigenvalue weighted by atomic mass is 19.4. The van der Waals surface area contributed by atoms with Crippen LogP contribution in [-0.4, -0.2) is 63.9 Å². The molecule has 2 aliphatic rings. The molecule has 4 rings (SSSR count). The topological polar surface area (TPSA) is 92.3 Å². The summed E-state index contributed by atoms with van der Waals surface area (Å²) in [4.78, 5) is 26.3. The summed E-state index contributed by atoms with van der Waals surface area (Å²) in [6, 6.07) is 3.57. The van der Waals surface area contributed by atoms with Crippen molar-refractivity contribution < 1.29 is 22.7 Å². The Hall–Kier alpha value is -2.79. The fourth-order valence-corrected chi connectivity index (χ4v) is 4.05. The van der Waals surface area contributed by atoms with Gasteiger partial charge in [-0.2, -0.15) is 13.2 Å². The number of aryl methyl sites for hydroxylation is 1. The molecule has 2 aliphatic heterocycles. The fraction of sp³-hybridized carbons (Fsp3) is 0.500. The predicted octanol–water partition coefficient (Wildman–Crippen LogP) is 2.51. The molecule has 2 fully saturated rings. The van der Waals surface area contributed by atoms with Gasteiger partial charge in [-0.15, -0.1) is 0 Å². The number of morpholine rings is 1. The maximum atomic E-state index is 13.5. The second-order valence-corrected chi connectivity index (χ2v) is 7.68. The van der Waals surface area contributed by atoms with E-state index in [0.717, 1.165) is 5.56 Å². The zero-order chi connectivity index (χ0) is 22.0. The number of piperidine rings is 1. The minimum absolute atomic E-state index is 0.109. The molecule has 11 heteroatoms. The van der Waals surface area contributed by atoms with Crippen molar-refractivity contribution in [2.45, 2.75) is 44.1 Å². The molecule has 0 radical (unpaired) electrons. The molecular weight excluding hydrogens is 413 g/mol. The largest absolute Gasteiger partial charge is 0.406 e. The van der Waals surface area contributed by atoms with E-state index in [0.29, 0.717) is 23.9 Å². The number of nitrogens with zero attached hydrogens (tertiary/aromatic N) is 4. The van der Waals surface area contributed by atoms with E-state index in [-0.39, 0.29) is 31.4 Å². The van der Waals surface area contributed by atoms with E-state index < -0.39 is 25.0 Å². The number of carbonyl (C=O) groups excluding carboxylic acids is 1. The number of ether oxygens (including phenoxy) is 1. The number of amides is 1. The summed E-state index contributed by atoms with van der Waals surface area (Å²) in [7, 11) is 0. The Morgan fingerprint density at radius 1 is 1.23 bits per heavy atom. The Morgan fingerprint density at radius 3 is 2.81 bits per heavy atom. The molecule has 166 valence electrons. The van der Waals surface area contributed by atoms with Gasteiger partial charge in [0.15, 0.2) is 0 Å². The molecule has 1 amide bonds. The average molecular weight is 436 g/mol. The first-order chi connectivity index (χ1) is 14.8. The highest BCUT2D eigenvalue weighted by Crippen LogP contribution is 2.34. The second-order valence-electron chi connectivity index (χ2n) is 7.68. The van der Waals surface area contributed by atoms with Crippen molar-refractivity contribution in [3.05, 3.63) is 42.0 Å². The van der Waals surface area contributed by atoms with E-state index in [4.69, 9.17) is 4.74 Å². The van der Waals surface area contributed by atoms with Gasteiger partial charge in [-0.1, -0.05) is 0 Å². The smallest absolute Gasteiger partial charge is 0.378 e. The molecule has 0 saturated carbocycles. The normalized spacial score (nSPS) is 25.2. The summed E-state index contributed by atoms with van der Waals surface area (Å²) in [5.41, 5.74) is 0.833. The van der Waals surface area contributed by atoms with Gasteiger partial charge in [-0.3, -0.25) is 9.69 Å². The van der Waals surface area contributed by atoms with Crippen molar-refractivity contribution in [3.8, 4) is 0 Å². The van der Waals surface area contributed by atoms with Gasteiger partial charge >= 0.3 is 6.18 Å². The van der Waals surface area contributed by atoms with Gasteiger partial charge < -0.3 is 15.4 Å². The van der Waals surface area contributed by atoms with Gasteiger partial charge in [-0.05, 0) is 43.0 Å². The molecule has 3 unspecified atom stereocenters. The van der Waals surface area contributed by atoms with Crippen LogP contribution in [0.3, 0.4) is 0 Å². The van der Waals surface area contributed by atoms with Gasteiger partial charge in [-0.25, -0.2) is 15.0 Å². The third-order valence-corrected chi connectivity index (χ3v) is 5.50. The van der Waals surface area contributed by atoms with Crippen molar-refractivity contribution >= 4 is 17.5 Å². The second kappa shape index (κ2) is 8.75. The third kappa shape index (κ3) is 5.10. The number of rotatable bonds is 4. The SMILES string of the molecule is Cc1nccc(Nc2cc(C3CC(=O)NC(N4CCOCC4C(F)(F)F)C3)ccn2)n1. The van der Waals surface area contributed by atoms with Gasteiger partial charge in [0.1, 0.15) is 23.5 Å². The molecule has 2 saturated heterocycles. The Labute approximate surface area is 177 Å². The quantitative estimate of drug-likeness (QED) is 0.761. The lowest BCUT2D eigenvalue weighted by Crippen LogP contribution is -2.63. The molecule has 0 bridgehead atoms. The molecule has 31 heavy (non-hydrogen) atoms. The van der Waals surface area contributed by atoms with Crippen LogP contribution in [0.5, 0.6) is 0 Å². The number of aromatic nitrogens is 3. The average Bonchev–Trinajstić information content (AvgIpc) is 2.73. The number of pyridine rings is 1. The summed E-state index contributed by atoms with van der Waals surface area (Å²) in [6.07, 6.45) is -1.33. The van der Waals surface area contributed by atoms with Crippen molar-refractivity contribution in [3.63, 3.8) is 0 Å². The number of nitrogens with one attached hydrogen (secondary N) is 2. The highest BCUT2D eigenvalue weighted by Gasteiger charge is 2.48. The molecule has 2 aromatic heterocycles. The minimum Gasteiger partial charge on any atom is -0.378 e. The standard InChI is InChI=1S/C20H23F3N6O2/c1-12-24-5-3-16(26-12)27-17-8-13(2-4-25-17)14-9-18(28-19(30)10-14)29-6-7-31-11-15(29)20(21,22)23/h2-5,8,14-15,18H,6-7,9-11H2,1H3,(H,28,30)(H,24,25,26,27). The molecule has 3 atom stereocenters. The maximum Gasteiger partial charge on any atom is 0.406 e. The van der Waals surface area contributed by atoms with Crippen molar-refractivity contribution in [1.29, 1.82) is 0 Å². The van der Waals surface area contributed by atoms with Crippen LogP contribution in [0.1, 0.15) is 30.1 Å². The van der Waals surface area contributed by atoms with Crippen LogP contribution in [0.25, 0.3) is 0 Å². The Kier molecular flexibility index (Phi) is 6.05. The molecule has 8 nitrogen and oxygen atoms in total. The molecule has 2 N–H and O–H groups in total. The first kappa shape index (κ1) is 21.4. The van der Waals surface area contributed by atoms with Crippen molar-refractivity contribution in [1.82, 2.24) is 25.2 Å². The van der Waals surface area contributed by atoms with Crippen molar-refractivity contribution in [2.24, 2.45) is 0 Å². The lowest BCUT2D eigenvalue weighted by Gasteiger charge is -2.44. The molecule has 0 spiro atoms. The number of anilines is 2. The molecule has 2 aromatic rings. The van der Waals surface area contributed by atoms with Crippen LogP contribution < -0.4 is 10.6 Å². The molecular formula is C20H23F3N6O2. The number of alkyl halides is 3. The third-order valence-electron chi connectivity index (χ3n) is 5.50. The molecule has 0 aliphatic carbocycles. The van der Waals surface area contributed by atoms with E-state index >= 15 is 0 Å². The lowest BCUT2D eigenvalue weighted by atomic mass is 9.88. The van der Waals surface area contributed by atoms with Gasteiger partial charge in [0.25, 0.3) is 0 Å². The van der Waals surface area contributed by atoms with Crippen LogP contribution in [0.2, 0.25) is 0 Å². The van der Waals surface area contributed by atoms with E-state index in [1.54, 1.807) is 37.5 Å². The van der Waals surface area contributed by atoms with Crippen molar-refractivity contribution in [2.75, 3.05) is 25.1 Å². The predicted molar refractivity (Wildman–Crippen MR) is 106 cm³/mol. The number of carbonyl (C=O) groups is 1. The summed E-state index contributed by atoms with van der Waals surface area (Å²) in [5, 5.41) is 5.83. The van der Waals surface area contributed by atoms with Crippen LogP contribution in [0, 0.1) is 6.92 Å². The number of halogens is 3. The van der Waals surface area contributed by atoms with Gasteiger partial charge in [0.2, 0.25) is 5.91 Å². The Bertz CT molecular complexity index is 941. The zero-order valence-electron chi connectivity index (χ0n) is 16.9. The van der Waals surface area contributed by atoms with Crippen LogP contribution in [0.4, 0.5) is 24.8 Å². The van der Waals surface area contributed by atoms with E-state index in [9.17, 15) is 18.0 Å². The van der Waals surface area contributed by atoms with Crippen LogP contribution in [-0.2, 0) is 9.53 Å². The molecule has 4 heterocycles. The van der Waals surface area contributed by atoms with E-state index in [1.165, 1.54) is 4.90 Å². The number of hydrogen-bond donors (Lipinski definition) is 2. The monoisotopic (exact) mass is 436 g/mol. The first-order valence-electron chi connectivity index (χ1n) is 10.0. The maximum absolute atomic E-state index is 13.5. The summed E-state index contributed by atoms with van der Waals surface area (Å²) in [6.45, 7) is 1.65. The summed E-state index contributed by atoms with van der Waals surface area (Å²) < 4.78 is 45.5. The highest BCUT2D eigenvalue weighted by molar-refractivity contribution is 5.78. The van der Waals surface area contributed by atoms with Gasteiger partial charge in [0, 0.05) is 25.4 Å². The summed E-state index contributed by atoms with van der Waals surface area (Å²) in [5.74, 6) is 1.23. The van der Waals surface area contributed by atoms with E-state index in [2.05, 4.69) is 25.6 Å². The Morgan fingerprint density at radius 2 is 2.03 bits per heavy atom. The zero-order valence-corrected chi connectivity index (χ0v) is 16.9. The van der Waals surface area contributed by atoms with E-state index in [1.807, 2.05) is 0 Å². The summed E-state index contributed by atoms with van der Waals surface area (Å²) >= 11 is 0.